The van der Waals surface area contributed by atoms with Crippen molar-refractivity contribution >= 4 is 0 Å². The number of likely N-dealkylation sites (tertiary alicyclic amines) is 1. The van der Waals surface area contributed by atoms with E-state index in [1.165, 1.54) is 58.0 Å². The molecule has 0 aromatic rings. The van der Waals surface area contributed by atoms with Gasteiger partial charge in [0.1, 0.15) is 0 Å². The topological polar surface area (TPSA) is 29.3 Å². The Morgan fingerprint density at radius 1 is 1.20 bits per heavy atom. The maximum Gasteiger partial charge on any atom is 0.0331 e. The van der Waals surface area contributed by atoms with Crippen LogP contribution in [-0.2, 0) is 0 Å². The molecule has 88 valence electrons. The second-order valence-corrected chi connectivity index (χ2v) is 5.68. The molecule has 2 N–H and O–H groups in total. The van der Waals surface area contributed by atoms with Gasteiger partial charge in [0.25, 0.3) is 0 Å². The van der Waals surface area contributed by atoms with Gasteiger partial charge in [0.05, 0.1) is 0 Å². The van der Waals surface area contributed by atoms with Gasteiger partial charge in [-0.1, -0.05) is 26.2 Å². The molecule has 1 unspecified atom stereocenters. The Bertz CT molecular complexity index is 197. The first-order valence-electron chi connectivity index (χ1n) is 6.72. The molecule has 1 saturated heterocycles. The van der Waals surface area contributed by atoms with E-state index in [2.05, 4.69) is 11.8 Å². The van der Waals surface area contributed by atoms with Gasteiger partial charge in [-0.3, -0.25) is 4.90 Å². The quantitative estimate of drug-likeness (QED) is 0.758. The molecule has 0 bridgehead atoms. The summed E-state index contributed by atoms with van der Waals surface area (Å²) in [5, 5.41) is 0. The minimum absolute atomic E-state index is 0.382. The lowest BCUT2D eigenvalue weighted by Crippen LogP contribution is -2.57. The standard InChI is InChI=1S/C13H26N2/c1-12-6-5-9-15(10-12)13(11-14)7-3-2-4-8-13/h12H,2-11,14H2,1H3. The van der Waals surface area contributed by atoms with Crippen LogP contribution in [0, 0.1) is 5.92 Å². The Balaban J connectivity index is 2.03. The Morgan fingerprint density at radius 2 is 1.93 bits per heavy atom. The molecule has 15 heavy (non-hydrogen) atoms. The summed E-state index contributed by atoms with van der Waals surface area (Å²) in [6, 6.07) is 0. The molecule has 2 fully saturated rings. The third kappa shape index (κ3) is 2.36. The maximum atomic E-state index is 6.07. The van der Waals surface area contributed by atoms with E-state index in [1.54, 1.807) is 0 Å². The van der Waals surface area contributed by atoms with E-state index in [1.807, 2.05) is 0 Å². The number of piperidine rings is 1. The Morgan fingerprint density at radius 3 is 2.53 bits per heavy atom. The number of nitrogens with two attached hydrogens (primary N) is 1. The largest absolute Gasteiger partial charge is 0.329 e. The van der Waals surface area contributed by atoms with Crippen molar-refractivity contribution in [1.82, 2.24) is 4.90 Å². The van der Waals surface area contributed by atoms with Crippen molar-refractivity contribution in [3.63, 3.8) is 0 Å². The lowest BCUT2D eigenvalue weighted by atomic mass is 9.78. The van der Waals surface area contributed by atoms with Gasteiger partial charge in [0.15, 0.2) is 0 Å². The van der Waals surface area contributed by atoms with Gasteiger partial charge in [-0.25, -0.2) is 0 Å². The minimum Gasteiger partial charge on any atom is -0.329 e. The molecule has 1 saturated carbocycles. The van der Waals surface area contributed by atoms with Crippen LogP contribution in [0.1, 0.15) is 51.9 Å². The van der Waals surface area contributed by atoms with Gasteiger partial charge in [-0.15, -0.1) is 0 Å². The molecule has 0 spiro atoms. The summed E-state index contributed by atoms with van der Waals surface area (Å²) >= 11 is 0. The van der Waals surface area contributed by atoms with Crippen LogP contribution < -0.4 is 5.73 Å². The predicted octanol–water partition coefficient (Wildman–Crippen LogP) is 2.38. The van der Waals surface area contributed by atoms with Gasteiger partial charge in [0, 0.05) is 18.6 Å². The lowest BCUT2D eigenvalue weighted by Gasteiger charge is -2.49. The molecule has 1 aliphatic carbocycles. The summed E-state index contributed by atoms with van der Waals surface area (Å²) in [6.45, 7) is 5.84. The van der Waals surface area contributed by atoms with Gasteiger partial charge in [-0.05, 0) is 38.1 Å². The van der Waals surface area contributed by atoms with Crippen LogP contribution in [0.4, 0.5) is 0 Å². The van der Waals surface area contributed by atoms with Gasteiger partial charge in [-0.2, -0.15) is 0 Å². The molecule has 0 amide bonds. The summed E-state index contributed by atoms with van der Waals surface area (Å²) in [7, 11) is 0. The number of nitrogens with zero attached hydrogens (tertiary/aromatic N) is 1. The first kappa shape index (κ1) is 11.4. The van der Waals surface area contributed by atoms with Crippen molar-refractivity contribution in [3.8, 4) is 0 Å². The molecule has 1 aliphatic heterocycles. The molecule has 2 nitrogen and oxygen atoms in total. The first-order chi connectivity index (χ1) is 7.27. The first-order valence-corrected chi connectivity index (χ1v) is 6.72. The predicted molar refractivity (Wildman–Crippen MR) is 64.8 cm³/mol. The molecule has 2 rings (SSSR count). The molecular formula is C13H26N2. The van der Waals surface area contributed by atoms with Crippen molar-refractivity contribution < 1.29 is 0 Å². The second kappa shape index (κ2) is 4.84. The van der Waals surface area contributed by atoms with E-state index in [0.717, 1.165) is 12.5 Å². The number of hydrogen-bond donors (Lipinski definition) is 1. The van der Waals surface area contributed by atoms with Crippen molar-refractivity contribution in [1.29, 1.82) is 0 Å². The smallest absolute Gasteiger partial charge is 0.0331 e. The van der Waals surface area contributed by atoms with E-state index in [9.17, 15) is 0 Å². The molecule has 0 radical (unpaired) electrons. The molecule has 1 atom stereocenters. The minimum atomic E-state index is 0.382. The van der Waals surface area contributed by atoms with Gasteiger partial charge in [0.2, 0.25) is 0 Å². The van der Waals surface area contributed by atoms with Crippen molar-refractivity contribution in [2.75, 3.05) is 19.6 Å². The second-order valence-electron chi connectivity index (χ2n) is 5.68. The monoisotopic (exact) mass is 210 g/mol. The molecule has 0 aromatic carbocycles. The molecule has 0 aromatic heterocycles. The van der Waals surface area contributed by atoms with Crippen LogP contribution in [0.2, 0.25) is 0 Å². The van der Waals surface area contributed by atoms with E-state index in [0.29, 0.717) is 5.54 Å². The van der Waals surface area contributed by atoms with E-state index >= 15 is 0 Å². The molecule has 1 heterocycles. The molecule has 2 heteroatoms. The summed E-state index contributed by atoms with van der Waals surface area (Å²) in [5.74, 6) is 0.879. The lowest BCUT2D eigenvalue weighted by molar-refractivity contribution is 0.0236. The molecular weight excluding hydrogens is 184 g/mol. The summed E-state index contributed by atoms with van der Waals surface area (Å²) in [4.78, 5) is 2.72. The highest BCUT2D eigenvalue weighted by molar-refractivity contribution is 4.95. The zero-order valence-electron chi connectivity index (χ0n) is 10.2. The van der Waals surface area contributed by atoms with Crippen LogP contribution >= 0.6 is 0 Å². The van der Waals surface area contributed by atoms with Crippen LogP contribution in [-0.4, -0.2) is 30.1 Å². The van der Waals surface area contributed by atoms with Gasteiger partial charge >= 0.3 is 0 Å². The number of hydrogen-bond acceptors (Lipinski definition) is 2. The molecule has 2 aliphatic rings. The SMILES string of the molecule is CC1CCCN(C2(CN)CCCCC2)C1. The van der Waals surface area contributed by atoms with Gasteiger partial charge < -0.3 is 5.73 Å². The highest BCUT2D eigenvalue weighted by atomic mass is 15.2. The Kier molecular flexibility index (Phi) is 3.68. The maximum absolute atomic E-state index is 6.07. The zero-order valence-corrected chi connectivity index (χ0v) is 10.2. The van der Waals surface area contributed by atoms with Crippen molar-refractivity contribution in [2.24, 2.45) is 11.7 Å². The third-order valence-electron chi connectivity index (χ3n) is 4.49. The fourth-order valence-corrected chi connectivity index (χ4v) is 3.48. The van der Waals surface area contributed by atoms with Crippen molar-refractivity contribution in [3.05, 3.63) is 0 Å². The highest BCUT2D eigenvalue weighted by Crippen LogP contribution is 2.35. The van der Waals surface area contributed by atoms with E-state index in [4.69, 9.17) is 5.73 Å². The zero-order chi connectivity index (χ0) is 10.7. The normalized spacial score (nSPS) is 32.8. The van der Waals surface area contributed by atoms with Crippen LogP contribution in [0.3, 0.4) is 0 Å². The fourth-order valence-electron chi connectivity index (χ4n) is 3.48. The fraction of sp³-hybridized carbons (Fsp3) is 1.00. The van der Waals surface area contributed by atoms with E-state index in [-0.39, 0.29) is 0 Å². The summed E-state index contributed by atoms with van der Waals surface area (Å²) < 4.78 is 0. The highest BCUT2D eigenvalue weighted by Gasteiger charge is 2.37. The summed E-state index contributed by atoms with van der Waals surface area (Å²) in [5.41, 5.74) is 6.45. The third-order valence-corrected chi connectivity index (χ3v) is 4.49. The van der Waals surface area contributed by atoms with E-state index < -0.39 is 0 Å². The average molecular weight is 210 g/mol. The van der Waals surface area contributed by atoms with Crippen molar-refractivity contribution in [2.45, 2.75) is 57.4 Å². The van der Waals surface area contributed by atoms with Crippen LogP contribution in [0.15, 0.2) is 0 Å². The number of rotatable bonds is 2. The summed E-state index contributed by atoms with van der Waals surface area (Å²) in [6.07, 6.45) is 9.68. The Labute approximate surface area is 94.2 Å². The average Bonchev–Trinajstić information content (AvgIpc) is 2.30. The van der Waals surface area contributed by atoms with Crippen LogP contribution in [0.5, 0.6) is 0 Å². The Hall–Kier alpha value is -0.0800. The van der Waals surface area contributed by atoms with Crippen LogP contribution in [0.25, 0.3) is 0 Å².